The molecule has 1 aliphatic carbocycles. The normalized spacial score (nSPS) is 23.3. The lowest BCUT2D eigenvalue weighted by Gasteiger charge is -2.26. The van der Waals surface area contributed by atoms with Crippen molar-refractivity contribution >= 4 is 0 Å². The lowest BCUT2D eigenvalue weighted by atomic mass is 9.89. The Hall–Kier alpha value is -1.02. The zero-order valence-corrected chi connectivity index (χ0v) is 12.2. The quantitative estimate of drug-likeness (QED) is 0.709. The van der Waals surface area contributed by atoms with Gasteiger partial charge in [-0.1, -0.05) is 37.5 Å². The molecule has 0 N–H and O–H groups in total. The molecule has 0 saturated heterocycles. The van der Waals surface area contributed by atoms with Crippen LogP contribution in [0.15, 0.2) is 24.3 Å². The lowest BCUT2D eigenvalue weighted by molar-refractivity contribution is 0.0106. The van der Waals surface area contributed by atoms with Crippen molar-refractivity contribution in [3.8, 4) is 5.75 Å². The van der Waals surface area contributed by atoms with Crippen molar-refractivity contribution in [2.75, 3.05) is 13.2 Å². The van der Waals surface area contributed by atoms with Crippen LogP contribution in [0, 0.1) is 12.8 Å². The van der Waals surface area contributed by atoms with Gasteiger partial charge in [0.2, 0.25) is 0 Å². The molecule has 0 aromatic heterocycles. The van der Waals surface area contributed by atoms with E-state index in [1.54, 1.807) is 0 Å². The second-order valence-electron chi connectivity index (χ2n) is 5.78. The van der Waals surface area contributed by atoms with Crippen LogP contribution in [0.25, 0.3) is 0 Å². The Kier molecular flexibility index (Phi) is 5.71. The molecule has 2 nitrogen and oxygen atoms in total. The summed E-state index contributed by atoms with van der Waals surface area (Å²) < 4.78 is 11.6. The van der Waals surface area contributed by atoms with E-state index in [9.17, 15) is 0 Å². The molecule has 1 aliphatic rings. The van der Waals surface area contributed by atoms with Gasteiger partial charge >= 0.3 is 0 Å². The summed E-state index contributed by atoms with van der Waals surface area (Å²) in [5.74, 6) is 1.79. The minimum Gasteiger partial charge on any atom is -0.494 e. The summed E-state index contributed by atoms with van der Waals surface area (Å²) in [6.07, 6.45) is 6.63. The molecule has 0 bridgehead atoms. The average Bonchev–Trinajstić information content (AvgIpc) is 2.41. The largest absolute Gasteiger partial charge is 0.494 e. The molecule has 1 fully saturated rings. The predicted octanol–water partition coefficient (Wildman–Crippen LogP) is 4.36. The molecular weight excluding hydrogens is 236 g/mol. The number of ether oxygens (including phenoxy) is 2. The first-order chi connectivity index (χ1) is 9.24. The van der Waals surface area contributed by atoms with Crippen molar-refractivity contribution in [2.45, 2.75) is 52.1 Å². The van der Waals surface area contributed by atoms with Crippen molar-refractivity contribution in [3.63, 3.8) is 0 Å². The number of hydrogen-bond acceptors (Lipinski definition) is 2. The maximum absolute atomic E-state index is 5.93. The lowest BCUT2D eigenvalue weighted by Crippen LogP contribution is -2.22. The number of benzene rings is 1. The number of rotatable bonds is 6. The summed E-state index contributed by atoms with van der Waals surface area (Å²) in [6.45, 7) is 5.98. The molecule has 2 rings (SSSR count). The maximum Gasteiger partial charge on any atom is 0.119 e. The first kappa shape index (κ1) is 14.4. The first-order valence-corrected chi connectivity index (χ1v) is 7.55. The summed E-state index contributed by atoms with van der Waals surface area (Å²) in [7, 11) is 0. The van der Waals surface area contributed by atoms with Crippen LogP contribution < -0.4 is 4.74 Å². The molecule has 1 aromatic carbocycles. The van der Waals surface area contributed by atoms with Gasteiger partial charge < -0.3 is 9.47 Å². The van der Waals surface area contributed by atoms with Crippen LogP contribution in [0.1, 0.15) is 44.6 Å². The third-order valence-corrected chi connectivity index (χ3v) is 3.82. The molecule has 0 spiro atoms. The fourth-order valence-electron chi connectivity index (χ4n) is 2.66. The van der Waals surface area contributed by atoms with Gasteiger partial charge in [0.15, 0.2) is 0 Å². The van der Waals surface area contributed by atoms with Gasteiger partial charge in [0.25, 0.3) is 0 Å². The van der Waals surface area contributed by atoms with Gasteiger partial charge in [0.05, 0.1) is 19.3 Å². The smallest absolute Gasteiger partial charge is 0.119 e. The molecule has 1 saturated carbocycles. The minimum absolute atomic E-state index is 0.489. The molecule has 0 heterocycles. The summed E-state index contributed by atoms with van der Waals surface area (Å²) >= 11 is 0. The minimum atomic E-state index is 0.489. The highest BCUT2D eigenvalue weighted by Crippen LogP contribution is 2.25. The maximum atomic E-state index is 5.93. The van der Waals surface area contributed by atoms with Gasteiger partial charge in [-0.2, -0.15) is 0 Å². The number of aryl methyl sites for hydroxylation is 1. The third kappa shape index (κ3) is 5.23. The Morgan fingerprint density at radius 2 is 1.89 bits per heavy atom. The van der Waals surface area contributed by atoms with Gasteiger partial charge in [-0.15, -0.1) is 0 Å². The summed E-state index contributed by atoms with van der Waals surface area (Å²) in [6, 6.07) is 8.21. The molecule has 1 unspecified atom stereocenters. The molecule has 0 aliphatic heterocycles. The molecule has 1 aromatic rings. The molecule has 0 radical (unpaired) electrons. The second kappa shape index (κ2) is 7.54. The molecule has 2 atom stereocenters. The molecular formula is C17H26O2. The van der Waals surface area contributed by atoms with Crippen molar-refractivity contribution in [1.29, 1.82) is 0 Å². The highest BCUT2D eigenvalue weighted by molar-refractivity contribution is 5.26. The van der Waals surface area contributed by atoms with Crippen molar-refractivity contribution in [2.24, 2.45) is 5.92 Å². The van der Waals surface area contributed by atoms with Crippen molar-refractivity contribution in [3.05, 3.63) is 29.8 Å². The first-order valence-electron chi connectivity index (χ1n) is 7.55. The van der Waals surface area contributed by atoms with Gasteiger partial charge in [-0.25, -0.2) is 0 Å². The van der Waals surface area contributed by atoms with Crippen LogP contribution >= 0.6 is 0 Å². The summed E-state index contributed by atoms with van der Waals surface area (Å²) in [4.78, 5) is 0. The van der Waals surface area contributed by atoms with Crippen LogP contribution in [-0.2, 0) is 4.74 Å². The van der Waals surface area contributed by atoms with Crippen molar-refractivity contribution < 1.29 is 9.47 Å². The van der Waals surface area contributed by atoms with Crippen LogP contribution in [0.4, 0.5) is 0 Å². The van der Waals surface area contributed by atoms with Crippen LogP contribution in [-0.4, -0.2) is 19.3 Å². The van der Waals surface area contributed by atoms with E-state index in [0.717, 1.165) is 31.3 Å². The SMILES string of the molecule is Cc1ccc(OCCCOC2CCC[C@H](C)C2)cc1. The van der Waals surface area contributed by atoms with Crippen LogP contribution in [0.5, 0.6) is 5.75 Å². The second-order valence-corrected chi connectivity index (χ2v) is 5.78. The third-order valence-electron chi connectivity index (χ3n) is 3.82. The van der Waals surface area contributed by atoms with E-state index in [1.165, 1.54) is 31.2 Å². The van der Waals surface area contributed by atoms with E-state index >= 15 is 0 Å². The van der Waals surface area contributed by atoms with Gasteiger partial charge in [-0.05, 0) is 37.8 Å². The van der Waals surface area contributed by atoms with E-state index < -0.39 is 0 Å². The molecule has 2 heteroatoms. The zero-order chi connectivity index (χ0) is 13.5. The highest BCUT2D eigenvalue weighted by Gasteiger charge is 2.18. The van der Waals surface area contributed by atoms with Crippen LogP contribution in [0.3, 0.4) is 0 Å². The standard InChI is InChI=1S/C17H26O2/c1-14-7-9-16(10-8-14)18-11-4-12-19-17-6-3-5-15(2)13-17/h7-10,15,17H,3-6,11-13H2,1-2H3/t15-,17?/m0/s1. The monoisotopic (exact) mass is 262 g/mol. The Balaban J connectivity index is 1.55. The fraction of sp³-hybridized carbons (Fsp3) is 0.647. The molecule has 19 heavy (non-hydrogen) atoms. The van der Waals surface area contributed by atoms with Crippen molar-refractivity contribution in [1.82, 2.24) is 0 Å². The Labute approximate surface area is 117 Å². The summed E-state index contributed by atoms with van der Waals surface area (Å²) in [5.41, 5.74) is 1.27. The van der Waals surface area contributed by atoms with E-state index in [2.05, 4.69) is 26.0 Å². The van der Waals surface area contributed by atoms with E-state index in [0.29, 0.717) is 6.10 Å². The van der Waals surface area contributed by atoms with E-state index in [-0.39, 0.29) is 0 Å². The Morgan fingerprint density at radius 1 is 1.11 bits per heavy atom. The molecule has 0 amide bonds. The fourth-order valence-corrected chi connectivity index (χ4v) is 2.66. The zero-order valence-electron chi connectivity index (χ0n) is 12.2. The average molecular weight is 262 g/mol. The van der Waals surface area contributed by atoms with E-state index in [4.69, 9.17) is 9.47 Å². The van der Waals surface area contributed by atoms with Gasteiger partial charge in [0.1, 0.15) is 5.75 Å². The molecule has 106 valence electrons. The number of hydrogen-bond donors (Lipinski definition) is 0. The van der Waals surface area contributed by atoms with E-state index in [1.807, 2.05) is 12.1 Å². The van der Waals surface area contributed by atoms with Gasteiger partial charge in [-0.3, -0.25) is 0 Å². The Morgan fingerprint density at radius 3 is 2.63 bits per heavy atom. The summed E-state index contributed by atoms with van der Waals surface area (Å²) in [5, 5.41) is 0. The van der Waals surface area contributed by atoms with Gasteiger partial charge in [0, 0.05) is 6.42 Å². The topological polar surface area (TPSA) is 18.5 Å². The Bertz CT molecular complexity index is 358. The predicted molar refractivity (Wildman–Crippen MR) is 78.7 cm³/mol. The highest BCUT2D eigenvalue weighted by atomic mass is 16.5. The van der Waals surface area contributed by atoms with Crippen LogP contribution in [0.2, 0.25) is 0 Å².